The molecule has 106 valence electrons. The Bertz CT molecular complexity index is 519. The van der Waals surface area contributed by atoms with Gasteiger partial charge < -0.3 is 10.1 Å². The molecule has 0 aliphatic carbocycles. The van der Waals surface area contributed by atoms with E-state index in [4.69, 9.17) is 4.74 Å². The molecule has 1 aromatic heterocycles. The molecule has 2 aromatic rings. The van der Waals surface area contributed by atoms with Crippen LogP contribution in [-0.4, -0.2) is 24.4 Å². The summed E-state index contributed by atoms with van der Waals surface area (Å²) in [6.07, 6.45) is 3.66. The number of methoxy groups -OCH3 is 1. The number of hydrogen-bond donors (Lipinski definition) is 1. The Labute approximate surface area is 124 Å². The van der Waals surface area contributed by atoms with Crippen LogP contribution >= 0.6 is 11.8 Å². The minimum atomic E-state index is 0.313. The Morgan fingerprint density at radius 1 is 1.25 bits per heavy atom. The highest BCUT2D eigenvalue weighted by Gasteiger charge is 2.11. The maximum atomic E-state index is 5.30. The van der Waals surface area contributed by atoms with E-state index in [0.29, 0.717) is 6.04 Å². The number of aromatic nitrogens is 1. The molecular formula is C16H20N2OS. The van der Waals surface area contributed by atoms with E-state index in [-0.39, 0.29) is 0 Å². The lowest BCUT2D eigenvalue weighted by Crippen LogP contribution is -2.22. The van der Waals surface area contributed by atoms with Crippen LogP contribution in [0.1, 0.15) is 18.5 Å². The van der Waals surface area contributed by atoms with Crippen molar-refractivity contribution in [1.82, 2.24) is 10.3 Å². The van der Waals surface area contributed by atoms with E-state index >= 15 is 0 Å². The fourth-order valence-corrected chi connectivity index (χ4v) is 2.98. The zero-order valence-electron chi connectivity index (χ0n) is 11.9. The van der Waals surface area contributed by atoms with Gasteiger partial charge >= 0.3 is 0 Å². The number of nitrogens with zero attached hydrogens (tertiary/aromatic N) is 1. The first-order valence-electron chi connectivity index (χ1n) is 6.73. The predicted octanol–water partition coefficient (Wildman–Crippen LogP) is 3.53. The summed E-state index contributed by atoms with van der Waals surface area (Å²) in [7, 11) is 1.70. The van der Waals surface area contributed by atoms with Gasteiger partial charge in [-0.3, -0.25) is 4.98 Å². The summed E-state index contributed by atoms with van der Waals surface area (Å²) in [5.74, 6) is 1.88. The Morgan fingerprint density at radius 3 is 2.75 bits per heavy atom. The van der Waals surface area contributed by atoms with Crippen molar-refractivity contribution in [3.8, 4) is 5.75 Å². The number of thioether (sulfide) groups is 1. The van der Waals surface area contributed by atoms with Gasteiger partial charge in [0.15, 0.2) is 0 Å². The molecule has 0 bridgehead atoms. The van der Waals surface area contributed by atoms with Crippen LogP contribution in [0.15, 0.2) is 53.7 Å². The molecule has 3 nitrogen and oxygen atoms in total. The molecule has 1 N–H and O–H groups in total. The van der Waals surface area contributed by atoms with Crippen molar-refractivity contribution in [2.24, 2.45) is 0 Å². The topological polar surface area (TPSA) is 34.2 Å². The van der Waals surface area contributed by atoms with Gasteiger partial charge in [0.05, 0.1) is 7.11 Å². The summed E-state index contributed by atoms with van der Waals surface area (Å²) in [6, 6.07) is 12.6. The quantitative estimate of drug-likeness (QED) is 0.790. The second-order valence-corrected chi connectivity index (χ2v) is 5.47. The summed E-state index contributed by atoms with van der Waals surface area (Å²) in [6.45, 7) is 3.07. The van der Waals surface area contributed by atoms with E-state index in [1.165, 1.54) is 10.5 Å². The molecule has 0 spiro atoms. The first-order valence-corrected chi connectivity index (χ1v) is 7.72. The van der Waals surface area contributed by atoms with Gasteiger partial charge in [0.1, 0.15) is 5.75 Å². The number of nitrogens with one attached hydrogen (secondary N) is 1. The van der Waals surface area contributed by atoms with E-state index in [2.05, 4.69) is 29.4 Å². The van der Waals surface area contributed by atoms with Gasteiger partial charge in [0.25, 0.3) is 0 Å². The first kappa shape index (κ1) is 14.9. The van der Waals surface area contributed by atoms with Crippen molar-refractivity contribution in [1.29, 1.82) is 0 Å². The molecule has 2 rings (SSSR count). The maximum Gasteiger partial charge on any atom is 0.119 e. The van der Waals surface area contributed by atoms with Crippen molar-refractivity contribution in [3.05, 3.63) is 54.4 Å². The molecule has 1 atom stereocenters. The molecular weight excluding hydrogens is 268 g/mol. The van der Waals surface area contributed by atoms with E-state index in [1.807, 2.05) is 48.4 Å². The summed E-state index contributed by atoms with van der Waals surface area (Å²) in [5.41, 5.74) is 1.26. The number of ether oxygens (including phenoxy) is 1. The van der Waals surface area contributed by atoms with Gasteiger partial charge in [0, 0.05) is 29.1 Å². The maximum absolute atomic E-state index is 5.30. The fraction of sp³-hybridized carbons (Fsp3) is 0.312. The molecule has 4 heteroatoms. The normalized spacial score (nSPS) is 12.1. The standard InChI is InChI=1S/C16H20N2OS/c1-3-18-16(12-20-15-7-9-17-10-8-15)13-5-4-6-14(11-13)19-2/h4-11,16,18H,3,12H2,1-2H3. The Morgan fingerprint density at radius 2 is 2.05 bits per heavy atom. The van der Waals surface area contributed by atoms with Crippen LogP contribution in [0.4, 0.5) is 0 Å². The SMILES string of the molecule is CCNC(CSc1ccncc1)c1cccc(OC)c1. The molecule has 20 heavy (non-hydrogen) atoms. The third-order valence-electron chi connectivity index (χ3n) is 3.01. The van der Waals surface area contributed by atoms with Gasteiger partial charge in [-0.25, -0.2) is 0 Å². The second-order valence-electron chi connectivity index (χ2n) is 4.38. The summed E-state index contributed by atoms with van der Waals surface area (Å²) in [5, 5.41) is 3.53. The average Bonchev–Trinajstić information content (AvgIpc) is 2.52. The van der Waals surface area contributed by atoms with E-state index in [9.17, 15) is 0 Å². The molecule has 1 aromatic carbocycles. The zero-order chi connectivity index (χ0) is 14.2. The van der Waals surface area contributed by atoms with Crippen LogP contribution in [0.5, 0.6) is 5.75 Å². The summed E-state index contributed by atoms with van der Waals surface area (Å²) in [4.78, 5) is 5.29. The molecule has 1 unspecified atom stereocenters. The van der Waals surface area contributed by atoms with Crippen LogP contribution in [-0.2, 0) is 0 Å². The van der Waals surface area contributed by atoms with Crippen LogP contribution in [0.2, 0.25) is 0 Å². The lowest BCUT2D eigenvalue weighted by atomic mass is 10.1. The predicted molar refractivity (Wildman–Crippen MR) is 84.4 cm³/mol. The van der Waals surface area contributed by atoms with Crippen LogP contribution in [0, 0.1) is 0 Å². The molecule has 0 aliphatic heterocycles. The summed E-state index contributed by atoms with van der Waals surface area (Å²) < 4.78 is 5.30. The Hall–Kier alpha value is -1.52. The number of rotatable bonds is 7. The minimum absolute atomic E-state index is 0.313. The van der Waals surface area contributed by atoms with Gasteiger partial charge in [-0.1, -0.05) is 19.1 Å². The van der Waals surface area contributed by atoms with Crippen molar-refractivity contribution in [2.75, 3.05) is 19.4 Å². The lowest BCUT2D eigenvalue weighted by molar-refractivity contribution is 0.413. The van der Waals surface area contributed by atoms with Gasteiger partial charge in [-0.2, -0.15) is 0 Å². The highest BCUT2D eigenvalue weighted by Crippen LogP contribution is 2.26. The van der Waals surface area contributed by atoms with Gasteiger partial charge in [-0.15, -0.1) is 11.8 Å². The van der Waals surface area contributed by atoms with E-state index in [1.54, 1.807) is 7.11 Å². The molecule has 0 amide bonds. The van der Waals surface area contributed by atoms with Crippen LogP contribution < -0.4 is 10.1 Å². The highest BCUT2D eigenvalue weighted by molar-refractivity contribution is 7.99. The second kappa shape index (κ2) is 7.92. The first-order chi connectivity index (χ1) is 9.83. The van der Waals surface area contributed by atoms with Crippen molar-refractivity contribution in [3.63, 3.8) is 0 Å². The van der Waals surface area contributed by atoms with E-state index < -0.39 is 0 Å². The third-order valence-corrected chi connectivity index (χ3v) is 4.12. The van der Waals surface area contributed by atoms with Gasteiger partial charge in [-0.05, 0) is 36.4 Å². The van der Waals surface area contributed by atoms with Crippen LogP contribution in [0.3, 0.4) is 0 Å². The average molecular weight is 288 g/mol. The molecule has 0 saturated heterocycles. The Balaban J connectivity index is 2.06. The number of benzene rings is 1. The van der Waals surface area contributed by atoms with Crippen LogP contribution in [0.25, 0.3) is 0 Å². The molecule has 0 fully saturated rings. The summed E-state index contributed by atoms with van der Waals surface area (Å²) >= 11 is 1.83. The van der Waals surface area contributed by atoms with Gasteiger partial charge in [0.2, 0.25) is 0 Å². The molecule has 0 aliphatic rings. The number of pyridine rings is 1. The third kappa shape index (κ3) is 4.25. The molecule has 0 radical (unpaired) electrons. The monoisotopic (exact) mass is 288 g/mol. The minimum Gasteiger partial charge on any atom is -0.497 e. The largest absolute Gasteiger partial charge is 0.497 e. The van der Waals surface area contributed by atoms with E-state index in [0.717, 1.165) is 18.0 Å². The zero-order valence-corrected chi connectivity index (χ0v) is 12.7. The fourth-order valence-electron chi connectivity index (χ4n) is 1.99. The molecule has 1 heterocycles. The smallest absolute Gasteiger partial charge is 0.119 e. The lowest BCUT2D eigenvalue weighted by Gasteiger charge is -2.18. The van der Waals surface area contributed by atoms with Crippen molar-refractivity contribution >= 4 is 11.8 Å². The number of hydrogen-bond acceptors (Lipinski definition) is 4. The molecule has 0 saturated carbocycles. The van der Waals surface area contributed by atoms with Crippen molar-refractivity contribution in [2.45, 2.75) is 17.9 Å². The van der Waals surface area contributed by atoms with Crippen molar-refractivity contribution < 1.29 is 4.74 Å². The Kier molecular flexibility index (Phi) is 5.89. The highest BCUT2D eigenvalue weighted by atomic mass is 32.2.